The van der Waals surface area contributed by atoms with Gasteiger partial charge in [-0.1, -0.05) is 48.0 Å². The quantitative estimate of drug-likeness (QED) is 0.639. The Morgan fingerprint density at radius 2 is 1.44 bits per heavy atom. The monoisotopic (exact) mass is 356 g/mol. The van der Waals surface area contributed by atoms with Crippen LogP contribution in [0, 0.1) is 6.92 Å². The van der Waals surface area contributed by atoms with Gasteiger partial charge >= 0.3 is 0 Å². The van der Waals surface area contributed by atoms with E-state index in [1.54, 1.807) is 36.4 Å². The zero-order chi connectivity index (χ0) is 19.1. The molecule has 134 valence electrons. The molecule has 0 unspecified atom stereocenters. The van der Waals surface area contributed by atoms with Crippen LogP contribution in [0.25, 0.3) is 6.08 Å². The van der Waals surface area contributed by atoms with Crippen molar-refractivity contribution in [2.45, 2.75) is 6.92 Å². The van der Waals surface area contributed by atoms with Gasteiger partial charge in [0.05, 0.1) is 0 Å². The minimum atomic E-state index is -0.213. The van der Waals surface area contributed by atoms with E-state index in [-0.39, 0.29) is 11.8 Å². The Labute approximate surface area is 158 Å². The molecule has 0 atom stereocenters. The number of rotatable bonds is 5. The molecule has 0 radical (unpaired) electrons. The van der Waals surface area contributed by atoms with Gasteiger partial charge in [0.2, 0.25) is 5.91 Å². The first-order chi connectivity index (χ1) is 13.1. The molecule has 3 aromatic carbocycles. The molecule has 0 spiro atoms. The van der Waals surface area contributed by atoms with Gasteiger partial charge in [-0.05, 0) is 55.0 Å². The van der Waals surface area contributed by atoms with Crippen molar-refractivity contribution in [3.05, 3.63) is 102 Å². The topological polar surface area (TPSA) is 58.2 Å². The summed E-state index contributed by atoms with van der Waals surface area (Å²) in [6.07, 6.45) is 3.24. The van der Waals surface area contributed by atoms with Crippen LogP contribution >= 0.6 is 0 Å². The van der Waals surface area contributed by atoms with Crippen LogP contribution < -0.4 is 10.6 Å². The molecule has 4 nitrogen and oxygen atoms in total. The van der Waals surface area contributed by atoms with Crippen molar-refractivity contribution in [2.75, 3.05) is 10.6 Å². The number of aryl methyl sites for hydroxylation is 1. The molecule has 0 aliphatic carbocycles. The Kier molecular flexibility index (Phi) is 5.80. The lowest BCUT2D eigenvalue weighted by Crippen LogP contribution is -2.12. The van der Waals surface area contributed by atoms with E-state index in [0.717, 1.165) is 11.1 Å². The van der Waals surface area contributed by atoms with E-state index < -0.39 is 0 Å². The third kappa shape index (κ3) is 5.41. The van der Waals surface area contributed by atoms with E-state index in [1.165, 1.54) is 6.08 Å². The summed E-state index contributed by atoms with van der Waals surface area (Å²) in [5.74, 6) is -0.378. The molecule has 0 saturated heterocycles. The molecule has 0 aliphatic rings. The molecule has 0 heterocycles. The molecule has 2 amide bonds. The lowest BCUT2D eigenvalue weighted by Gasteiger charge is -2.07. The van der Waals surface area contributed by atoms with Gasteiger partial charge in [0.25, 0.3) is 5.91 Å². The van der Waals surface area contributed by atoms with Gasteiger partial charge < -0.3 is 10.6 Å². The first-order valence-electron chi connectivity index (χ1n) is 8.62. The van der Waals surface area contributed by atoms with Crippen molar-refractivity contribution in [2.24, 2.45) is 0 Å². The molecule has 0 aliphatic heterocycles. The summed E-state index contributed by atoms with van der Waals surface area (Å²) in [5.41, 5.74) is 3.93. The molecule has 3 aromatic rings. The minimum absolute atomic E-state index is 0.165. The number of amides is 2. The van der Waals surface area contributed by atoms with Crippen LogP contribution in [0.3, 0.4) is 0 Å². The van der Waals surface area contributed by atoms with Gasteiger partial charge in [-0.25, -0.2) is 0 Å². The summed E-state index contributed by atoms with van der Waals surface area (Å²) in [6.45, 7) is 1.94. The molecular formula is C23H20N2O2. The maximum Gasteiger partial charge on any atom is 0.255 e. The molecule has 0 bridgehead atoms. The van der Waals surface area contributed by atoms with Crippen molar-refractivity contribution in [1.29, 1.82) is 0 Å². The van der Waals surface area contributed by atoms with Crippen LogP contribution in [-0.4, -0.2) is 11.8 Å². The number of nitrogens with one attached hydrogen (secondary N) is 2. The predicted octanol–water partition coefficient (Wildman–Crippen LogP) is 4.90. The summed E-state index contributed by atoms with van der Waals surface area (Å²) in [6, 6.07) is 24.0. The second-order valence-corrected chi connectivity index (χ2v) is 6.13. The van der Waals surface area contributed by atoms with Crippen LogP contribution in [0.4, 0.5) is 11.4 Å². The average molecular weight is 356 g/mol. The number of carbonyl (C=O) groups excluding carboxylic acids is 2. The fourth-order valence-electron chi connectivity index (χ4n) is 2.55. The van der Waals surface area contributed by atoms with Crippen molar-refractivity contribution in [3.8, 4) is 0 Å². The van der Waals surface area contributed by atoms with Crippen LogP contribution in [0.2, 0.25) is 0 Å². The molecule has 4 heteroatoms. The van der Waals surface area contributed by atoms with Crippen molar-refractivity contribution >= 4 is 29.3 Å². The summed E-state index contributed by atoms with van der Waals surface area (Å²) in [4.78, 5) is 24.3. The van der Waals surface area contributed by atoms with Crippen molar-refractivity contribution < 1.29 is 9.59 Å². The third-order valence-corrected chi connectivity index (χ3v) is 3.92. The fraction of sp³-hybridized carbons (Fsp3) is 0.0435. The molecule has 3 rings (SSSR count). The summed E-state index contributed by atoms with van der Waals surface area (Å²) in [7, 11) is 0. The molecule has 0 saturated carbocycles. The summed E-state index contributed by atoms with van der Waals surface area (Å²) >= 11 is 0. The Hall–Kier alpha value is -3.66. The number of hydrogen-bond donors (Lipinski definition) is 2. The Morgan fingerprint density at radius 1 is 0.778 bits per heavy atom. The maximum atomic E-state index is 12.3. The zero-order valence-corrected chi connectivity index (χ0v) is 15.0. The van der Waals surface area contributed by atoms with E-state index in [1.807, 2.05) is 55.5 Å². The van der Waals surface area contributed by atoms with Gasteiger partial charge in [-0.2, -0.15) is 0 Å². The third-order valence-electron chi connectivity index (χ3n) is 3.92. The van der Waals surface area contributed by atoms with Crippen LogP contribution in [-0.2, 0) is 4.79 Å². The normalized spacial score (nSPS) is 10.6. The van der Waals surface area contributed by atoms with E-state index in [4.69, 9.17) is 0 Å². The average Bonchev–Trinajstić information content (AvgIpc) is 2.69. The number of hydrogen-bond acceptors (Lipinski definition) is 2. The van der Waals surface area contributed by atoms with Crippen LogP contribution in [0.15, 0.2) is 84.9 Å². The molecule has 0 aromatic heterocycles. The van der Waals surface area contributed by atoms with E-state index in [2.05, 4.69) is 10.6 Å². The van der Waals surface area contributed by atoms with Crippen LogP contribution in [0.1, 0.15) is 21.5 Å². The Morgan fingerprint density at radius 3 is 2.11 bits per heavy atom. The van der Waals surface area contributed by atoms with Crippen LogP contribution in [0.5, 0.6) is 0 Å². The Bertz CT molecular complexity index is 961. The first kappa shape index (κ1) is 18.1. The van der Waals surface area contributed by atoms with Gasteiger partial charge in [-0.15, -0.1) is 0 Å². The van der Waals surface area contributed by atoms with Crippen molar-refractivity contribution in [3.63, 3.8) is 0 Å². The maximum absolute atomic E-state index is 12.3. The largest absolute Gasteiger partial charge is 0.323 e. The highest BCUT2D eigenvalue weighted by Gasteiger charge is 2.06. The lowest BCUT2D eigenvalue weighted by molar-refractivity contribution is -0.111. The van der Waals surface area contributed by atoms with Gasteiger partial charge in [0.15, 0.2) is 0 Å². The Balaban J connectivity index is 1.57. The molecule has 2 N–H and O–H groups in total. The van der Waals surface area contributed by atoms with Gasteiger partial charge in [-0.3, -0.25) is 9.59 Å². The molecule has 27 heavy (non-hydrogen) atoms. The molecule has 0 fully saturated rings. The smallest absolute Gasteiger partial charge is 0.255 e. The van der Waals surface area contributed by atoms with Gasteiger partial charge in [0, 0.05) is 23.0 Å². The highest BCUT2D eigenvalue weighted by Crippen LogP contribution is 2.15. The van der Waals surface area contributed by atoms with Crippen molar-refractivity contribution in [1.82, 2.24) is 0 Å². The second-order valence-electron chi connectivity index (χ2n) is 6.13. The van der Waals surface area contributed by atoms with E-state index in [0.29, 0.717) is 16.9 Å². The summed E-state index contributed by atoms with van der Waals surface area (Å²) < 4.78 is 0. The predicted molar refractivity (Wildman–Crippen MR) is 110 cm³/mol. The number of carbonyl (C=O) groups is 2. The lowest BCUT2D eigenvalue weighted by atomic mass is 10.1. The number of benzene rings is 3. The fourth-order valence-corrected chi connectivity index (χ4v) is 2.55. The minimum Gasteiger partial charge on any atom is -0.323 e. The highest BCUT2D eigenvalue weighted by molar-refractivity contribution is 6.05. The van der Waals surface area contributed by atoms with E-state index in [9.17, 15) is 9.59 Å². The summed E-state index contributed by atoms with van der Waals surface area (Å²) in [5, 5.41) is 5.64. The van der Waals surface area contributed by atoms with E-state index >= 15 is 0 Å². The SMILES string of the molecule is Cc1cccc(C(=O)Nc2ccc(NC(=O)C=Cc3ccccc3)cc2)c1. The second kappa shape index (κ2) is 8.63. The van der Waals surface area contributed by atoms with Gasteiger partial charge in [0.1, 0.15) is 0 Å². The standard InChI is InChI=1S/C23H20N2O2/c1-17-6-5-9-19(16-17)23(27)25-21-13-11-20(12-14-21)24-22(26)15-10-18-7-3-2-4-8-18/h2-16H,1H3,(H,24,26)(H,25,27). The number of anilines is 2. The zero-order valence-electron chi connectivity index (χ0n) is 15.0. The highest BCUT2D eigenvalue weighted by atomic mass is 16.2. The first-order valence-corrected chi connectivity index (χ1v) is 8.62. The molecular weight excluding hydrogens is 336 g/mol.